The number of carbonyl (C=O) groups excluding carboxylic acids is 3. The van der Waals surface area contributed by atoms with Gasteiger partial charge in [-0.25, -0.2) is 0 Å². The first kappa shape index (κ1) is 24.1. The number of amides is 1. The van der Waals surface area contributed by atoms with Gasteiger partial charge < -0.3 is 15.0 Å². The van der Waals surface area contributed by atoms with Crippen molar-refractivity contribution in [3.8, 4) is 5.75 Å². The number of Topliss-reactive ketones (excluding diaryl/α,β-unsaturated/α-hetero) is 2. The Hall–Kier alpha value is -4.97. The molecule has 3 aliphatic heterocycles. The van der Waals surface area contributed by atoms with Gasteiger partial charge in [-0.3, -0.25) is 14.4 Å². The SMILES string of the molecule is COc1ccc(C(=O)[C@H]2[C@@H](C(=O)c3ccccc3)[C@]3(C(=O)Nc4ccccc43)[C@@H]3C=Cc4ccccc4N32)cc1. The molecule has 4 aromatic carbocycles. The third-order valence-corrected chi connectivity index (χ3v) is 8.53. The third kappa shape index (κ3) is 3.26. The van der Waals surface area contributed by atoms with Crippen LogP contribution in [0.3, 0.4) is 0 Å². The highest BCUT2D eigenvalue weighted by atomic mass is 16.5. The zero-order chi connectivity index (χ0) is 27.4. The second kappa shape index (κ2) is 9.06. The van der Waals surface area contributed by atoms with Gasteiger partial charge in [-0.1, -0.05) is 78.9 Å². The van der Waals surface area contributed by atoms with Crippen molar-refractivity contribution in [1.82, 2.24) is 0 Å². The molecule has 6 nitrogen and oxygen atoms in total. The molecule has 4 aromatic rings. The molecule has 3 heterocycles. The number of anilines is 2. The Morgan fingerprint density at radius 1 is 0.800 bits per heavy atom. The van der Waals surface area contributed by atoms with E-state index in [0.29, 0.717) is 22.6 Å². The summed E-state index contributed by atoms with van der Waals surface area (Å²) in [5.74, 6) is -1.09. The van der Waals surface area contributed by atoms with Gasteiger partial charge in [0.2, 0.25) is 5.91 Å². The molecule has 0 bridgehead atoms. The van der Waals surface area contributed by atoms with E-state index in [1.165, 1.54) is 0 Å². The van der Waals surface area contributed by atoms with Crippen molar-refractivity contribution < 1.29 is 19.1 Å². The zero-order valence-corrected chi connectivity index (χ0v) is 21.8. The molecule has 40 heavy (non-hydrogen) atoms. The fraction of sp³-hybridized carbons (Fsp3) is 0.147. The van der Waals surface area contributed by atoms with Crippen LogP contribution < -0.4 is 15.0 Å². The summed E-state index contributed by atoms with van der Waals surface area (Å²) in [6.45, 7) is 0. The number of nitrogens with one attached hydrogen (secondary N) is 1. The fourth-order valence-electron chi connectivity index (χ4n) is 6.83. The van der Waals surface area contributed by atoms with Crippen molar-refractivity contribution in [2.24, 2.45) is 5.92 Å². The number of hydrogen-bond acceptors (Lipinski definition) is 5. The highest BCUT2D eigenvalue weighted by Gasteiger charge is 2.70. The first-order chi connectivity index (χ1) is 19.6. The minimum absolute atomic E-state index is 0.221. The highest BCUT2D eigenvalue weighted by Crippen LogP contribution is 2.58. The van der Waals surface area contributed by atoms with E-state index in [2.05, 4.69) is 5.32 Å². The van der Waals surface area contributed by atoms with Crippen LogP contribution >= 0.6 is 0 Å². The van der Waals surface area contributed by atoms with Crippen molar-refractivity contribution >= 4 is 34.9 Å². The van der Waals surface area contributed by atoms with Gasteiger partial charge in [-0.05, 0) is 47.5 Å². The van der Waals surface area contributed by atoms with E-state index in [1.807, 2.05) is 71.6 Å². The molecule has 0 unspecified atom stereocenters. The maximum Gasteiger partial charge on any atom is 0.238 e. The highest BCUT2D eigenvalue weighted by molar-refractivity contribution is 6.18. The van der Waals surface area contributed by atoms with Gasteiger partial charge in [0, 0.05) is 22.5 Å². The molecule has 1 N–H and O–H groups in total. The first-order valence-electron chi connectivity index (χ1n) is 13.3. The van der Waals surface area contributed by atoms with Gasteiger partial charge in [0.05, 0.1) is 19.1 Å². The standard InChI is InChI=1S/C34H26N2O4/c1-40-24-18-15-23(16-19-24)32(38)30-29(31(37)22-10-3-2-4-11-22)34(25-12-6-7-13-26(25)35-33(34)39)28-20-17-21-9-5-8-14-27(21)36(28)30/h2-20,28-30H,1H3,(H,35,39)/t28-,29-,30+,34+/m0/s1. The Morgan fingerprint density at radius 2 is 1.48 bits per heavy atom. The molecule has 0 aliphatic carbocycles. The molecule has 7 rings (SSSR count). The second-order valence-electron chi connectivity index (χ2n) is 10.4. The van der Waals surface area contributed by atoms with Crippen molar-refractivity contribution in [2.75, 3.05) is 17.3 Å². The number of rotatable bonds is 5. The van der Waals surface area contributed by atoms with Crippen molar-refractivity contribution in [3.63, 3.8) is 0 Å². The average Bonchev–Trinajstić information content (AvgIpc) is 3.49. The van der Waals surface area contributed by atoms with Gasteiger partial charge in [0.25, 0.3) is 0 Å². The smallest absolute Gasteiger partial charge is 0.238 e. The van der Waals surface area contributed by atoms with Crippen LogP contribution in [0.2, 0.25) is 0 Å². The molecule has 196 valence electrons. The maximum absolute atomic E-state index is 14.7. The number of methoxy groups -OCH3 is 1. The predicted octanol–water partition coefficient (Wildman–Crippen LogP) is 5.55. The number of ketones is 2. The molecule has 0 saturated carbocycles. The molecule has 1 fully saturated rings. The molecule has 3 aliphatic rings. The van der Waals surface area contributed by atoms with E-state index in [9.17, 15) is 14.4 Å². The number of carbonyl (C=O) groups is 3. The van der Waals surface area contributed by atoms with E-state index in [-0.39, 0.29) is 17.5 Å². The van der Waals surface area contributed by atoms with Crippen molar-refractivity contribution in [3.05, 3.63) is 131 Å². The van der Waals surface area contributed by atoms with Crippen molar-refractivity contribution in [2.45, 2.75) is 17.5 Å². The monoisotopic (exact) mass is 526 g/mol. The van der Waals surface area contributed by atoms with Gasteiger partial charge in [-0.15, -0.1) is 0 Å². The summed E-state index contributed by atoms with van der Waals surface area (Å²) in [5.41, 5.74) is 2.75. The van der Waals surface area contributed by atoms with Crippen LogP contribution in [0.5, 0.6) is 5.75 Å². The molecule has 1 saturated heterocycles. The van der Waals surface area contributed by atoms with E-state index in [1.54, 1.807) is 55.6 Å². The van der Waals surface area contributed by atoms with E-state index in [4.69, 9.17) is 4.74 Å². The van der Waals surface area contributed by atoms with Crippen LogP contribution in [0, 0.1) is 5.92 Å². The molecular formula is C34H26N2O4. The topological polar surface area (TPSA) is 75.7 Å². The third-order valence-electron chi connectivity index (χ3n) is 8.53. The fourth-order valence-corrected chi connectivity index (χ4v) is 6.83. The number of benzene rings is 4. The summed E-state index contributed by atoms with van der Waals surface area (Å²) in [5, 5.41) is 3.06. The minimum Gasteiger partial charge on any atom is -0.497 e. The summed E-state index contributed by atoms with van der Waals surface area (Å²) in [7, 11) is 1.57. The van der Waals surface area contributed by atoms with E-state index >= 15 is 0 Å². The van der Waals surface area contributed by atoms with E-state index in [0.717, 1.165) is 16.8 Å². The summed E-state index contributed by atoms with van der Waals surface area (Å²) >= 11 is 0. The minimum atomic E-state index is -1.32. The summed E-state index contributed by atoms with van der Waals surface area (Å²) in [6.07, 6.45) is 3.98. The number of para-hydroxylation sites is 2. The van der Waals surface area contributed by atoms with Gasteiger partial charge in [-0.2, -0.15) is 0 Å². The lowest BCUT2D eigenvalue weighted by atomic mass is 9.64. The molecule has 0 aromatic heterocycles. The van der Waals surface area contributed by atoms with Crippen LogP contribution in [0.1, 0.15) is 31.8 Å². The number of ether oxygens (including phenoxy) is 1. The summed E-state index contributed by atoms with van der Waals surface area (Å²) in [4.78, 5) is 45.6. The van der Waals surface area contributed by atoms with Gasteiger partial charge in [0.15, 0.2) is 11.6 Å². The molecule has 1 spiro atoms. The molecule has 0 radical (unpaired) electrons. The normalized spacial score (nSPS) is 23.8. The van der Waals surface area contributed by atoms with Crippen LogP contribution in [0.25, 0.3) is 6.08 Å². The van der Waals surface area contributed by atoms with Crippen LogP contribution in [0.15, 0.2) is 109 Å². The lowest BCUT2D eigenvalue weighted by Gasteiger charge is -2.37. The molecule has 1 amide bonds. The largest absolute Gasteiger partial charge is 0.497 e. The van der Waals surface area contributed by atoms with Crippen LogP contribution in [-0.4, -0.2) is 36.7 Å². The van der Waals surface area contributed by atoms with Crippen molar-refractivity contribution in [1.29, 1.82) is 0 Å². The quantitative estimate of drug-likeness (QED) is 0.345. The summed E-state index contributed by atoms with van der Waals surface area (Å²) in [6, 6.07) is 29.7. The predicted molar refractivity (Wildman–Crippen MR) is 154 cm³/mol. The van der Waals surface area contributed by atoms with Crippen LogP contribution in [0.4, 0.5) is 11.4 Å². The number of hydrogen-bond donors (Lipinski definition) is 1. The van der Waals surface area contributed by atoms with Crippen LogP contribution in [-0.2, 0) is 10.2 Å². The number of nitrogens with zero attached hydrogens (tertiary/aromatic N) is 1. The van der Waals surface area contributed by atoms with E-state index < -0.39 is 23.4 Å². The average molecular weight is 527 g/mol. The first-order valence-corrected chi connectivity index (χ1v) is 13.3. The molecular weight excluding hydrogens is 500 g/mol. The Kier molecular flexibility index (Phi) is 5.46. The van der Waals surface area contributed by atoms with Gasteiger partial charge in [0.1, 0.15) is 17.2 Å². The number of fused-ring (bicyclic) bond motifs is 6. The molecule has 6 heteroatoms. The Morgan fingerprint density at radius 3 is 2.25 bits per heavy atom. The second-order valence-corrected chi connectivity index (χ2v) is 10.4. The Bertz CT molecular complexity index is 1690. The lowest BCUT2D eigenvalue weighted by molar-refractivity contribution is -0.121. The zero-order valence-electron chi connectivity index (χ0n) is 21.8. The summed E-state index contributed by atoms with van der Waals surface area (Å²) < 4.78 is 5.32. The van der Waals surface area contributed by atoms with Gasteiger partial charge >= 0.3 is 0 Å². The Balaban J connectivity index is 1.52. The maximum atomic E-state index is 14.7. The Labute approximate surface area is 231 Å². The lowest BCUT2D eigenvalue weighted by Crippen LogP contribution is -2.51. The molecule has 4 atom stereocenters.